The highest BCUT2D eigenvalue weighted by Gasteiger charge is 2.14. The molecule has 2 rings (SSSR count). The summed E-state index contributed by atoms with van der Waals surface area (Å²) in [7, 11) is -3.65. The molecule has 2 aromatic carbocycles. The van der Waals surface area contributed by atoms with Crippen molar-refractivity contribution in [3.8, 4) is 6.07 Å². The Balaban J connectivity index is 2.23. The van der Waals surface area contributed by atoms with Crippen LogP contribution in [-0.2, 0) is 10.0 Å². The summed E-state index contributed by atoms with van der Waals surface area (Å²) in [5.74, 6) is 0. The molecule has 0 fully saturated rings. The number of rotatable bonds is 4. The van der Waals surface area contributed by atoms with Crippen molar-refractivity contribution in [2.45, 2.75) is 17.9 Å². The summed E-state index contributed by atoms with van der Waals surface area (Å²) in [5, 5.41) is 8.71. The Morgan fingerprint density at radius 3 is 2.14 bits per heavy atom. The van der Waals surface area contributed by atoms with Crippen LogP contribution in [-0.4, -0.2) is 8.42 Å². The molecule has 5 nitrogen and oxygen atoms in total. The smallest absolute Gasteiger partial charge is 0.261 e. The predicted octanol–water partition coefficient (Wildman–Crippen LogP) is 2.38. The van der Waals surface area contributed by atoms with Gasteiger partial charge >= 0.3 is 0 Å². The Bertz CT molecular complexity index is 758. The van der Waals surface area contributed by atoms with E-state index in [0.29, 0.717) is 11.3 Å². The molecule has 2 aromatic rings. The first kappa shape index (κ1) is 15.0. The average molecular weight is 301 g/mol. The van der Waals surface area contributed by atoms with Gasteiger partial charge in [-0.1, -0.05) is 12.1 Å². The number of nitriles is 1. The monoisotopic (exact) mass is 301 g/mol. The zero-order chi connectivity index (χ0) is 15.5. The molecule has 1 atom stereocenters. The maximum atomic E-state index is 12.2. The van der Waals surface area contributed by atoms with Gasteiger partial charge in [0.1, 0.15) is 0 Å². The van der Waals surface area contributed by atoms with Crippen molar-refractivity contribution >= 4 is 15.7 Å². The van der Waals surface area contributed by atoms with Gasteiger partial charge in [0.15, 0.2) is 0 Å². The van der Waals surface area contributed by atoms with Gasteiger partial charge < -0.3 is 5.73 Å². The number of nitrogens with zero attached hydrogens (tertiary/aromatic N) is 1. The number of hydrogen-bond donors (Lipinski definition) is 2. The van der Waals surface area contributed by atoms with Gasteiger partial charge in [-0.05, 0) is 48.9 Å². The Hall–Kier alpha value is -2.36. The Kier molecular flexibility index (Phi) is 4.26. The van der Waals surface area contributed by atoms with E-state index in [9.17, 15) is 8.42 Å². The second-order valence-electron chi connectivity index (χ2n) is 4.65. The normalized spacial score (nSPS) is 12.4. The Morgan fingerprint density at radius 2 is 1.67 bits per heavy atom. The van der Waals surface area contributed by atoms with E-state index < -0.39 is 10.0 Å². The van der Waals surface area contributed by atoms with Crippen molar-refractivity contribution in [2.24, 2.45) is 5.73 Å². The maximum Gasteiger partial charge on any atom is 0.261 e. The largest absolute Gasteiger partial charge is 0.324 e. The molecule has 0 amide bonds. The van der Waals surface area contributed by atoms with Gasteiger partial charge in [0, 0.05) is 11.7 Å². The second-order valence-corrected chi connectivity index (χ2v) is 6.33. The zero-order valence-electron chi connectivity index (χ0n) is 11.4. The van der Waals surface area contributed by atoms with Crippen LogP contribution in [0.3, 0.4) is 0 Å². The molecule has 0 aromatic heterocycles. The van der Waals surface area contributed by atoms with Gasteiger partial charge in [0.25, 0.3) is 10.0 Å². The summed E-state index contributed by atoms with van der Waals surface area (Å²) in [6.45, 7) is 1.83. The minimum Gasteiger partial charge on any atom is -0.324 e. The number of anilines is 1. The Labute approximate surface area is 124 Å². The topological polar surface area (TPSA) is 96.0 Å². The van der Waals surface area contributed by atoms with E-state index in [2.05, 4.69) is 4.72 Å². The van der Waals surface area contributed by atoms with E-state index in [1.165, 1.54) is 12.1 Å². The number of sulfonamides is 1. The van der Waals surface area contributed by atoms with Crippen LogP contribution in [0.1, 0.15) is 24.1 Å². The van der Waals surface area contributed by atoms with Crippen LogP contribution in [0.25, 0.3) is 0 Å². The predicted molar refractivity (Wildman–Crippen MR) is 81.0 cm³/mol. The van der Waals surface area contributed by atoms with Crippen molar-refractivity contribution in [2.75, 3.05) is 4.72 Å². The highest BCUT2D eigenvalue weighted by atomic mass is 32.2. The molecule has 1 unspecified atom stereocenters. The van der Waals surface area contributed by atoms with Crippen LogP contribution in [0.4, 0.5) is 5.69 Å². The van der Waals surface area contributed by atoms with Gasteiger partial charge in [-0.25, -0.2) is 8.42 Å². The highest BCUT2D eigenvalue weighted by Crippen LogP contribution is 2.18. The third-order valence-electron chi connectivity index (χ3n) is 2.98. The van der Waals surface area contributed by atoms with Crippen LogP contribution in [0, 0.1) is 11.3 Å². The molecule has 0 aliphatic carbocycles. The molecule has 6 heteroatoms. The van der Waals surface area contributed by atoms with Crippen molar-refractivity contribution in [1.82, 2.24) is 0 Å². The summed E-state index contributed by atoms with van der Waals surface area (Å²) < 4.78 is 26.9. The lowest BCUT2D eigenvalue weighted by Crippen LogP contribution is -2.13. The summed E-state index contributed by atoms with van der Waals surface area (Å²) >= 11 is 0. The lowest BCUT2D eigenvalue weighted by Gasteiger charge is -2.10. The van der Waals surface area contributed by atoms with Crippen molar-refractivity contribution in [3.05, 3.63) is 59.7 Å². The summed E-state index contributed by atoms with van der Waals surface area (Å²) in [5.41, 5.74) is 7.48. The Morgan fingerprint density at radius 1 is 1.10 bits per heavy atom. The first-order chi connectivity index (χ1) is 9.92. The third-order valence-corrected chi connectivity index (χ3v) is 4.38. The standard InChI is InChI=1S/C15H15N3O2S/c1-11(17)13-4-8-15(9-5-13)21(19,20)18-14-6-2-12(10-16)3-7-14/h2-9,11,18H,17H2,1H3. The minimum absolute atomic E-state index is 0.145. The van der Waals surface area contributed by atoms with E-state index in [0.717, 1.165) is 5.56 Å². The number of benzene rings is 2. The third kappa shape index (κ3) is 3.60. The molecule has 0 heterocycles. The summed E-state index contributed by atoms with van der Waals surface area (Å²) in [6, 6.07) is 14.5. The molecule has 0 bridgehead atoms. The first-order valence-electron chi connectivity index (χ1n) is 6.31. The summed E-state index contributed by atoms with van der Waals surface area (Å²) in [6.07, 6.45) is 0. The number of nitrogens with one attached hydrogen (secondary N) is 1. The summed E-state index contributed by atoms with van der Waals surface area (Å²) in [4.78, 5) is 0.163. The van der Waals surface area contributed by atoms with Gasteiger partial charge in [-0.3, -0.25) is 4.72 Å². The second kappa shape index (κ2) is 5.95. The van der Waals surface area contributed by atoms with Crippen molar-refractivity contribution in [1.29, 1.82) is 5.26 Å². The zero-order valence-corrected chi connectivity index (χ0v) is 12.3. The van der Waals surface area contributed by atoms with E-state index in [-0.39, 0.29) is 10.9 Å². The fourth-order valence-electron chi connectivity index (χ4n) is 1.78. The van der Waals surface area contributed by atoms with E-state index in [4.69, 9.17) is 11.0 Å². The molecule has 108 valence electrons. The maximum absolute atomic E-state index is 12.2. The number of hydrogen-bond acceptors (Lipinski definition) is 4. The first-order valence-corrected chi connectivity index (χ1v) is 7.79. The molecule has 0 radical (unpaired) electrons. The van der Waals surface area contributed by atoms with E-state index in [1.807, 2.05) is 13.0 Å². The van der Waals surface area contributed by atoms with Crippen LogP contribution in [0.15, 0.2) is 53.4 Å². The molecule has 0 aliphatic heterocycles. The van der Waals surface area contributed by atoms with Gasteiger partial charge in [0.05, 0.1) is 16.5 Å². The average Bonchev–Trinajstić information content (AvgIpc) is 2.48. The minimum atomic E-state index is -3.65. The molecule has 0 spiro atoms. The van der Waals surface area contributed by atoms with Gasteiger partial charge in [-0.2, -0.15) is 5.26 Å². The lowest BCUT2D eigenvalue weighted by molar-refractivity contribution is 0.601. The van der Waals surface area contributed by atoms with Gasteiger partial charge in [-0.15, -0.1) is 0 Å². The SMILES string of the molecule is CC(N)c1ccc(S(=O)(=O)Nc2ccc(C#N)cc2)cc1. The van der Waals surface area contributed by atoms with Crippen LogP contribution in [0.2, 0.25) is 0 Å². The number of nitrogens with two attached hydrogens (primary N) is 1. The van der Waals surface area contributed by atoms with Crippen molar-refractivity contribution < 1.29 is 8.42 Å². The molecular formula is C15H15N3O2S. The molecule has 0 saturated heterocycles. The molecule has 3 N–H and O–H groups in total. The molecule has 0 aliphatic rings. The molecule has 0 saturated carbocycles. The fourth-order valence-corrected chi connectivity index (χ4v) is 2.84. The van der Waals surface area contributed by atoms with E-state index >= 15 is 0 Å². The van der Waals surface area contributed by atoms with Crippen LogP contribution >= 0.6 is 0 Å². The quantitative estimate of drug-likeness (QED) is 0.906. The van der Waals surface area contributed by atoms with Crippen LogP contribution < -0.4 is 10.5 Å². The van der Waals surface area contributed by atoms with Crippen molar-refractivity contribution in [3.63, 3.8) is 0 Å². The van der Waals surface area contributed by atoms with Crippen LogP contribution in [0.5, 0.6) is 0 Å². The lowest BCUT2D eigenvalue weighted by atomic mass is 10.1. The highest BCUT2D eigenvalue weighted by molar-refractivity contribution is 7.92. The van der Waals surface area contributed by atoms with Gasteiger partial charge in [0.2, 0.25) is 0 Å². The van der Waals surface area contributed by atoms with E-state index in [1.54, 1.807) is 36.4 Å². The molecule has 21 heavy (non-hydrogen) atoms. The fraction of sp³-hybridized carbons (Fsp3) is 0.133. The molecular weight excluding hydrogens is 286 g/mol.